The molecule has 102 valence electrons. The molecule has 0 aromatic heterocycles. The Labute approximate surface area is 127 Å². The van der Waals surface area contributed by atoms with Gasteiger partial charge >= 0.3 is 5.97 Å². The van der Waals surface area contributed by atoms with E-state index in [2.05, 4.69) is 5.32 Å². The Morgan fingerprint density at radius 2 is 1.70 bits per heavy atom. The number of anilines is 1. The predicted octanol–water partition coefficient (Wildman–Crippen LogP) is 3.38. The van der Waals surface area contributed by atoms with Gasteiger partial charge in [0.05, 0.1) is 16.8 Å². The highest BCUT2D eigenvalue weighted by molar-refractivity contribution is 14.1. The molecular formula is C14H9FINO3. The molecule has 1 amide bonds. The van der Waals surface area contributed by atoms with Gasteiger partial charge in [0.1, 0.15) is 5.82 Å². The topological polar surface area (TPSA) is 66.4 Å². The number of hydrogen-bond acceptors (Lipinski definition) is 2. The lowest BCUT2D eigenvalue weighted by Crippen LogP contribution is -2.17. The van der Waals surface area contributed by atoms with Crippen LogP contribution in [0.1, 0.15) is 20.7 Å². The molecule has 0 saturated heterocycles. The Morgan fingerprint density at radius 1 is 1.05 bits per heavy atom. The van der Waals surface area contributed by atoms with E-state index in [0.29, 0.717) is 3.57 Å². The minimum atomic E-state index is -1.16. The van der Waals surface area contributed by atoms with E-state index in [0.717, 1.165) is 0 Å². The Morgan fingerprint density at radius 3 is 2.35 bits per heavy atom. The van der Waals surface area contributed by atoms with Crippen molar-refractivity contribution in [3.63, 3.8) is 0 Å². The molecule has 2 aromatic carbocycles. The number of halogens is 2. The molecule has 0 atom stereocenters. The number of rotatable bonds is 3. The molecule has 2 aromatic rings. The molecule has 20 heavy (non-hydrogen) atoms. The minimum Gasteiger partial charge on any atom is -0.478 e. The van der Waals surface area contributed by atoms with Gasteiger partial charge in [0, 0.05) is 3.57 Å². The van der Waals surface area contributed by atoms with Crippen LogP contribution in [0.3, 0.4) is 0 Å². The van der Waals surface area contributed by atoms with Gasteiger partial charge in [-0.05, 0) is 46.9 Å². The third-order valence-corrected chi connectivity index (χ3v) is 3.50. The van der Waals surface area contributed by atoms with E-state index in [1.165, 1.54) is 30.3 Å². The smallest absolute Gasteiger partial charge is 0.337 e. The summed E-state index contributed by atoms with van der Waals surface area (Å²) >= 11 is 1.91. The maximum Gasteiger partial charge on any atom is 0.337 e. The zero-order valence-electron chi connectivity index (χ0n) is 10.1. The van der Waals surface area contributed by atoms with Crippen LogP contribution in [0, 0.1) is 9.39 Å². The van der Waals surface area contributed by atoms with E-state index in [4.69, 9.17) is 5.11 Å². The Balaban J connectivity index is 2.38. The Bertz CT molecular complexity index is 688. The molecule has 0 radical (unpaired) electrons. The molecule has 2 N–H and O–H groups in total. The van der Waals surface area contributed by atoms with Crippen LogP contribution in [-0.2, 0) is 0 Å². The Hall–Kier alpha value is -1.96. The van der Waals surface area contributed by atoms with Gasteiger partial charge in [-0.25, -0.2) is 9.18 Å². The first-order valence-corrected chi connectivity index (χ1v) is 6.66. The zero-order chi connectivity index (χ0) is 14.7. The van der Waals surface area contributed by atoms with Crippen LogP contribution in [-0.4, -0.2) is 17.0 Å². The SMILES string of the molecule is O=C(Nc1c(I)cccc1C(=O)O)c1ccccc1F. The van der Waals surface area contributed by atoms with Crippen LogP contribution in [0.5, 0.6) is 0 Å². The lowest BCUT2D eigenvalue weighted by Gasteiger charge is -2.11. The van der Waals surface area contributed by atoms with Gasteiger partial charge < -0.3 is 10.4 Å². The second-order valence-electron chi connectivity index (χ2n) is 3.90. The lowest BCUT2D eigenvalue weighted by atomic mass is 10.1. The van der Waals surface area contributed by atoms with Gasteiger partial charge in [-0.15, -0.1) is 0 Å². The number of carbonyl (C=O) groups is 2. The van der Waals surface area contributed by atoms with Crippen LogP contribution in [0.4, 0.5) is 10.1 Å². The summed E-state index contributed by atoms with van der Waals surface area (Å²) in [6.45, 7) is 0. The lowest BCUT2D eigenvalue weighted by molar-refractivity contribution is 0.0698. The molecule has 0 heterocycles. The molecule has 0 saturated carbocycles. The minimum absolute atomic E-state index is 0.0402. The first-order chi connectivity index (χ1) is 9.50. The fourth-order valence-corrected chi connectivity index (χ4v) is 2.29. The normalized spacial score (nSPS) is 10.1. The molecule has 0 aliphatic heterocycles. The largest absolute Gasteiger partial charge is 0.478 e. The molecule has 0 aliphatic rings. The summed E-state index contributed by atoms with van der Waals surface area (Å²) in [5.41, 5.74) is -0.0149. The summed E-state index contributed by atoms with van der Waals surface area (Å²) in [6.07, 6.45) is 0. The van der Waals surface area contributed by atoms with Crippen molar-refractivity contribution < 1.29 is 19.1 Å². The maximum absolute atomic E-state index is 13.5. The summed E-state index contributed by atoms with van der Waals surface area (Å²) in [5.74, 6) is -2.50. The van der Waals surface area contributed by atoms with Crippen molar-refractivity contribution in [1.82, 2.24) is 0 Å². The second kappa shape index (κ2) is 6.00. The van der Waals surface area contributed by atoms with Crippen molar-refractivity contribution >= 4 is 40.2 Å². The number of benzene rings is 2. The van der Waals surface area contributed by atoms with Crippen LogP contribution >= 0.6 is 22.6 Å². The van der Waals surface area contributed by atoms with Crippen molar-refractivity contribution in [2.75, 3.05) is 5.32 Å². The number of aromatic carboxylic acids is 1. The highest BCUT2D eigenvalue weighted by Gasteiger charge is 2.17. The van der Waals surface area contributed by atoms with Crippen LogP contribution in [0.15, 0.2) is 42.5 Å². The summed E-state index contributed by atoms with van der Waals surface area (Å²) in [7, 11) is 0. The van der Waals surface area contributed by atoms with Crippen LogP contribution < -0.4 is 5.32 Å². The van der Waals surface area contributed by atoms with Gasteiger partial charge in [-0.3, -0.25) is 4.79 Å². The highest BCUT2D eigenvalue weighted by atomic mass is 127. The number of nitrogens with one attached hydrogen (secondary N) is 1. The van der Waals surface area contributed by atoms with Crippen molar-refractivity contribution in [3.05, 3.63) is 63.0 Å². The van der Waals surface area contributed by atoms with E-state index in [-0.39, 0.29) is 16.8 Å². The van der Waals surface area contributed by atoms with Crippen LogP contribution in [0.25, 0.3) is 0 Å². The van der Waals surface area contributed by atoms with Crippen molar-refractivity contribution in [1.29, 1.82) is 0 Å². The molecule has 0 unspecified atom stereocenters. The molecule has 0 bridgehead atoms. The fraction of sp³-hybridized carbons (Fsp3) is 0. The molecular weight excluding hydrogens is 376 g/mol. The predicted molar refractivity (Wildman–Crippen MR) is 80.5 cm³/mol. The monoisotopic (exact) mass is 385 g/mol. The van der Waals surface area contributed by atoms with E-state index >= 15 is 0 Å². The van der Waals surface area contributed by atoms with E-state index in [1.54, 1.807) is 12.1 Å². The number of carboxylic acid groups (broad SMARTS) is 1. The van der Waals surface area contributed by atoms with Crippen molar-refractivity contribution in [3.8, 4) is 0 Å². The molecule has 6 heteroatoms. The average molecular weight is 385 g/mol. The number of para-hydroxylation sites is 1. The van der Waals surface area contributed by atoms with Crippen molar-refractivity contribution in [2.24, 2.45) is 0 Å². The van der Waals surface area contributed by atoms with Crippen molar-refractivity contribution in [2.45, 2.75) is 0 Å². The number of carbonyl (C=O) groups excluding carboxylic acids is 1. The molecule has 4 nitrogen and oxygen atoms in total. The van der Waals surface area contributed by atoms with Gasteiger partial charge in [0.15, 0.2) is 0 Å². The summed E-state index contributed by atoms with van der Waals surface area (Å²) in [6, 6.07) is 10.1. The van der Waals surface area contributed by atoms with Crippen LogP contribution in [0.2, 0.25) is 0 Å². The molecule has 0 fully saturated rings. The third kappa shape index (κ3) is 2.96. The van der Waals surface area contributed by atoms with Gasteiger partial charge in [-0.2, -0.15) is 0 Å². The number of amides is 1. The summed E-state index contributed by atoms with van der Waals surface area (Å²) in [5, 5.41) is 11.5. The average Bonchev–Trinajstić information content (AvgIpc) is 2.41. The van der Waals surface area contributed by atoms with E-state index in [1.807, 2.05) is 22.6 Å². The molecule has 0 spiro atoms. The second-order valence-corrected chi connectivity index (χ2v) is 5.06. The van der Waals surface area contributed by atoms with Gasteiger partial charge in [0.25, 0.3) is 5.91 Å². The standard InChI is InChI=1S/C14H9FINO3/c15-10-6-2-1-4-8(10)13(18)17-12-9(14(19)20)5-3-7-11(12)16/h1-7H,(H,17,18)(H,19,20). The van der Waals surface area contributed by atoms with Gasteiger partial charge in [-0.1, -0.05) is 18.2 Å². The Kier molecular flexibility index (Phi) is 4.33. The number of carboxylic acids is 1. The fourth-order valence-electron chi connectivity index (χ4n) is 1.66. The maximum atomic E-state index is 13.5. The first-order valence-electron chi connectivity index (χ1n) is 5.58. The summed E-state index contributed by atoms with van der Waals surface area (Å²) in [4.78, 5) is 23.1. The number of hydrogen-bond donors (Lipinski definition) is 2. The van der Waals surface area contributed by atoms with Gasteiger partial charge in [0.2, 0.25) is 0 Å². The molecule has 2 rings (SSSR count). The van der Waals surface area contributed by atoms with E-state index < -0.39 is 17.7 Å². The zero-order valence-corrected chi connectivity index (χ0v) is 12.2. The molecule has 0 aliphatic carbocycles. The third-order valence-electron chi connectivity index (χ3n) is 2.60. The quantitative estimate of drug-likeness (QED) is 0.797. The highest BCUT2D eigenvalue weighted by Crippen LogP contribution is 2.24. The first kappa shape index (κ1) is 14.4. The van der Waals surface area contributed by atoms with E-state index in [9.17, 15) is 14.0 Å². The summed E-state index contributed by atoms with van der Waals surface area (Å²) < 4.78 is 14.1.